The van der Waals surface area contributed by atoms with E-state index in [0.717, 1.165) is 80.6 Å². The monoisotopic (exact) mass is 700 g/mol. The molecule has 1 fully saturated rings. The van der Waals surface area contributed by atoms with E-state index in [1.54, 1.807) is 6.08 Å². The van der Waals surface area contributed by atoms with E-state index in [9.17, 15) is 0 Å². The molecule has 0 bridgehead atoms. The molecule has 2 rings (SSSR count). The van der Waals surface area contributed by atoms with E-state index >= 15 is 0 Å². The predicted molar refractivity (Wildman–Crippen MR) is 214 cm³/mol. The number of benzene rings is 1. The Morgan fingerprint density at radius 3 is 2.23 bits per heavy atom. The minimum Gasteiger partial charge on any atom is -0.494 e. The molecular formula is C43H70Cl2N2O. The Balaban J connectivity index is 2.59. The first-order valence-electron chi connectivity index (χ1n) is 18.7. The fourth-order valence-corrected chi connectivity index (χ4v) is 7.73. The zero-order valence-electron chi connectivity index (χ0n) is 32.8. The Hall–Kier alpha value is -1.55. The molecule has 1 atom stereocenters. The molecule has 1 aromatic rings. The second kappa shape index (κ2) is 18.6. The number of alkyl halides is 2. The van der Waals surface area contributed by atoms with Crippen molar-refractivity contribution in [1.29, 1.82) is 0 Å². The highest BCUT2D eigenvalue weighted by Gasteiger charge is 2.44. The molecule has 0 spiro atoms. The van der Waals surface area contributed by atoms with Gasteiger partial charge in [-0.3, -0.25) is 9.89 Å². The maximum Gasteiger partial charge on any atom is 0.143 e. The third-order valence-corrected chi connectivity index (χ3v) is 11.2. The number of allylic oxidation sites excluding steroid dienone is 4. The summed E-state index contributed by atoms with van der Waals surface area (Å²) in [6, 6.07) is 8.73. The highest BCUT2D eigenvalue weighted by Crippen LogP contribution is 2.46. The second-order valence-electron chi connectivity index (χ2n) is 17.1. The maximum atomic E-state index is 6.78. The van der Waals surface area contributed by atoms with Gasteiger partial charge in [0, 0.05) is 11.8 Å². The lowest BCUT2D eigenvalue weighted by Crippen LogP contribution is -2.53. The van der Waals surface area contributed by atoms with E-state index in [1.807, 2.05) is 0 Å². The topological polar surface area (TPSA) is 24.8 Å². The molecule has 0 heterocycles. The summed E-state index contributed by atoms with van der Waals surface area (Å²) in [4.78, 5) is 8.34. The number of hydrogen-bond donors (Lipinski definition) is 0. The number of ether oxygens (including phenoxy) is 1. The molecule has 272 valence electrons. The summed E-state index contributed by atoms with van der Waals surface area (Å²) < 4.78 is 5.24. The Bertz CT molecular complexity index is 1240. The lowest BCUT2D eigenvalue weighted by molar-refractivity contribution is 0.0159. The van der Waals surface area contributed by atoms with Gasteiger partial charge in [0.15, 0.2) is 0 Å². The number of halogens is 2. The Kier molecular flexibility index (Phi) is 16.5. The van der Waals surface area contributed by atoms with E-state index < -0.39 is 4.33 Å². The van der Waals surface area contributed by atoms with Gasteiger partial charge < -0.3 is 4.74 Å². The molecule has 5 heteroatoms. The highest BCUT2D eigenvalue weighted by molar-refractivity contribution is 6.50. The van der Waals surface area contributed by atoms with Crippen molar-refractivity contribution in [1.82, 2.24) is 4.90 Å². The third-order valence-electron chi connectivity index (χ3n) is 10.4. The van der Waals surface area contributed by atoms with Gasteiger partial charge in [-0.05, 0) is 125 Å². The van der Waals surface area contributed by atoms with Crippen LogP contribution in [0.5, 0.6) is 5.75 Å². The van der Waals surface area contributed by atoms with Gasteiger partial charge in [0.2, 0.25) is 0 Å². The van der Waals surface area contributed by atoms with E-state index in [2.05, 4.69) is 131 Å². The highest BCUT2D eigenvalue weighted by atomic mass is 35.5. The standard InChI is InChI=1S/C43H70Cl2N2O/c1-14-26-43(44,45)36(15-2)22-21-33(5)39(25-27-40(7,8)9)47(13)42(28-23-37(24-29-42)41(10,11)12)46-34(6)35-19-16-20-38(31-35)48-30-17-18-32(3)4/h15-16,19-22,31-32,37,39H,2,14,17-18,23-30H2,1,3-13H3/b33-21+,36-22+,46-34+. The zero-order chi connectivity index (χ0) is 36.3. The fraction of sp³-hybridized carbons (Fsp3) is 0.698. The molecule has 1 saturated carbocycles. The Labute approximate surface area is 306 Å². The van der Waals surface area contributed by atoms with Crippen molar-refractivity contribution in [2.75, 3.05) is 13.7 Å². The van der Waals surface area contributed by atoms with Crippen LogP contribution in [0.4, 0.5) is 0 Å². The van der Waals surface area contributed by atoms with Crippen LogP contribution in [0, 0.1) is 22.7 Å². The lowest BCUT2D eigenvalue weighted by Gasteiger charge is -2.50. The molecule has 1 aromatic carbocycles. The van der Waals surface area contributed by atoms with E-state index in [4.69, 9.17) is 32.9 Å². The van der Waals surface area contributed by atoms with Crippen molar-refractivity contribution in [3.63, 3.8) is 0 Å². The van der Waals surface area contributed by atoms with Gasteiger partial charge in [0.25, 0.3) is 0 Å². The zero-order valence-corrected chi connectivity index (χ0v) is 34.3. The van der Waals surface area contributed by atoms with Crippen LogP contribution in [0.15, 0.2) is 65.2 Å². The van der Waals surface area contributed by atoms with Gasteiger partial charge in [-0.2, -0.15) is 0 Å². The molecule has 0 aliphatic heterocycles. The lowest BCUT2D eigenvalue weighted by atomic mass is 9.69. The average molecular weight is 702 g/mol. The summed E-state index contributed by atoms with van der Waals surface area (Å²) >= 11 is 13.6. The van der Waals surface area contributed by atoms with Crippen LogP contribution in [0.2, 0.25) is 0 Å². The van der Waals surface area contributed by atoms with Gasteiger partial charge in [-0.15, -0.1) is 0 Å². The van der Waals surface area contributed by atoms with Gasteiger partial charge >= 0.3 is 0 Å². The second-order valence-corrected chi connectivity index (χ2v) is 18.6. The molecule has 0 N–H and O–H groups in total. The molecule has 1 unspecified atom stereocenters. The van der Waals surface area contributed by atoms with Crippen molar-refractivity contribution in [3.8, 4) is 5.75 Å². The van der Waals surface area contributed by atoms with Crippen molar-refractivity contribution in [3.05, 3.63) is 65.8 Å². The predicted octanol–water partition coefficient (Wildman–Crippen LogP) is 13.4. The van der Waals surface area contributed by atoms with Gasteiger partial charge in [-0.1, -0.05) is 134 Å². The SMILES string of the molecule is C=C/C(=C\C=C(/C)C(CCC(C)(C)C)N(C)C1(/N=C(\C)c2cccc(OCCCC(C)C)c2)CCC(C(C)(C)C)CC1)C(Cl)(Cl)CCC. The minimum atomic E-state index is -0.944. The summed E-state index contributed by atoms with van der Waals surface area (Å²) in [5.41, 5.74) is 4.54. The first-order valence-corrected chi connectivity index (χ1v) is 19.4. The molecule has 0 aromatic heterocycles. The molecule has 3 nitrogen and oxygen atoms in total. The molecule has 0 radical (unpaired) electrons. The normalized spacial score (nSPS) is 21.2. The third kappa shape index (κ3) is 13.3. The van der Waals surface area contributed by atoms with E-state index in [-0.39, 0.29) is 22.5 Å². The maximum absolute atomic E-state index is 6.78. The molecule has 1 aliphatic rings. The van der Waals surface area contributed by atoms with E-state index in [1.165, 1.54) is 12.0 Å². The van der Waals surface area contributed by atoms with Crippen molar-refractivity contribution in [2.45, 2.75) is 156 Å². The van der Waals surface area contributed by atoms with Gasteiger partial charge in [-0.25, -0.2) is 0 Å². The number of aliphatic imine (C=N–C) groups is 1. The molecular weight excluding hydrogens is 631 g/mol. The summed E-state index contributed by atoms with van der Waals surface area (Å²) in [7, 11) is 2.32. The summed E-state index contributed by atoms with van der Waals surface area (Å²) in [5.74, 6) is 2.30. The Morgan fingerprint density at radius 2 is 1.69 bits per heavy atom. The molecule has 0 saturated heterocycles. The van der Waals surface area contributed by atoms with E-state index in [0.29, 0.717) is 18.3 Å². The Morgan fingerprint density at radius 1 is 1.04 bits per heavy atom. The van der Waals surface area contributed by atoms with Crippen LogP contribution < -0.4 is 4.74 Å². The van der Waals surface area contributed by atoms with Crippen LogP contribution in [-0.2, 0) is 0 Å². The first kappa shape index (κ1) is 42.6. The first-order chi connectivity index (χ1) is 22.2. The molecule has 1 aliphatic carbocycles. The van der Waals surface area contributed by atoms with Crippen molar-refractivity contribution in [2.24, 2.45) is 27.7 Å². The summed E-state index contributed by atoms with van der Waals surface area (Å²) in [6.07, 6.45) is 16.5. The molecule has 48 heavy (non-hydrogen) atoms. The quantitative estimate of drug-likeness (QED) is 0.0699. The average Bonchev–Trinajstić information content (AvgIpc) is 2.98. The van der Waals surface area contributed by atoms with Crippen LogP contribution in [0.25, 0.3) is 0 Å². The van der Waals surface area contributed by atoms with Crippen molar-refractivity contribution < 1.29 is 4.74 Å². The van der Waals surface area contributed by atoms with Crippen LogP contribution >= 0.6 is 23.2 Å². The van der Waals surface area contributed by atoms with Crippen molar-refractivity contribution >= 4 is 28.9 Å². The number of hydrogen-bond acceptors (Lipinski definition) is 3. The van der Waals surface area contributed by atoms with Crippen LogP contribution in [-0.4, -0.2) is 40.3 Å². The number of nitrogens with zero attached hydrogens (tertiary/aromatic N) is 2. The number of likely N-dealkylation sites (N-methyl/N-ethyl adjacent to an activating group) is 1. The number of rotatable bonds is 17. The molecule has 0 amide bonds. The minimum absolute atomic E-state index is 0.205. The van der Waals surface area contributed by atoms with Crippen LogP contribution in [0.3, 0.4) is 0 Å². The largest absolute Gasteiger partial charge is 0.494 e. The fourth-order valence-electron chi connectivity index (χ4n) is 7.08. The van der Waals surface area contributed by atoms with Crippen LogP contribution in [0.1, 0.15) is 146 Å². The van der Waals surface area contributed by atoms with Gasteiger partial charge in [0.1, 0.15) is 15.7 Å². The summed E-state index contributed by atoms with van der Waals surface area (Å²) in [6.45, 7) is 30.0. The smallest absolute Gasteiger partial charge is 0.143 e. The summed E-state index contributed by atoms with van der Waals surface area (Å²) in [5, 5.41) is 0. The van der Waals surface area contributed by atoms with Gasteiger partial charge in [0.05, 0.1) is 6.61 Å².